The number of azo groups is 1. The van der Waals surface area contributed by atoms with Crippen molar-refractivity contribution >= 4 is 34.5 Å². The molecule has 0 spiro atoms. The van der Waals surface area contributed by atoms with Crippen LogP contribution >= 0.6 is 11.6 Å². The molecule has 0 fully saturated rings. The molecule has 0 radical (unpaired) electrons. The second-order valence-corrected chi connectivity index (χ2v) is 5.94. The van der Waals surface area contributed by atoms with Gasteiger partial charge in [0.2, 0.25) is 0 Å². The highest BCUT2D eigenvalue weighted by Crippen LogP contribution is 2.31. The van der Waals surface area contributed by atoms with Gasteiger partial charge in [0.15, 0.2) is 12.4 Å². The summed E-state index contributed by atoms with van der Waals surface area (Å²) < 4.78 is 3.52. The minimum absolute atomic E-state index is 0.121. The lowest BCUT2D eigenvalue weighted by Gasteiger charge is -2.03. The minimum atomic E-state index is -0.526. The van der Waals surface area contributed by atoms with E-state index in [9.17, 15) is 10.1 Å². The molecule has 2 aromatic heterocycles. The zero-order valence-electron chi connectivity index (χ0n) is 13.8. The molecule has 0 aliphatic carbocycles. The van der Waals surface area contributed by atoms with E-state index in [0.29, 0.717) is 18.1 Å². The summed E-state index contributed by atoms with van der Waals surface area (Å²) in [6.07, 6.45) is 5.34. The maximum atomic E-state index is 10.8. The van der Waals surface area contributed by atoms with Crippen molar-refractivity contribution in [3.63, 3.8) is 0 Å². The SMILES string of the molecule is C[n+]1ccc(Cn2ncc(N=Nc3cc([N+](=O)[O-])ccc3Cl)c2N)cc1. The third kappa shape index (κ3) is 3.83. The van der Waals surface area contributed by atoms with Gasteiger partial charge in [0, 0.05) is 24.3 Å². The monoisotopic (exact) mass is 372 g/mol. The van der Waals surface area contributed by atoms with E-state index in [1.54, 1.807) is 4.68 Å². The molecule has 0 saturated carbocycles. The van der Waals surface area contributed by atoms with E-state index in [1.807, 2.05) is 36.1 Å². The third-order valence-corrected chi connectivity index (χ3v) is 3.97. The highest BCUT2D eigenvalue weighted by molar-refractivity contribution is 6.33. The lowest BCUT2D eigenvalue weighted by molar-refractivity contribution is -0.671. The van der Waals surface area contributed by atoms with E-state index < -0.39 is 4.92 Å². The standard InChI is InChI=1S/C16H15ClN7O2/c1-22-6-4-11(5-7-22)10-23-16(18)15(9-19-23)21-20-14-8-12(24(25)26)2-3-13(14)17/h2-9H,10,18H2,1H3/q+1. The van der Waals surface area contributed by atoms with Crippen LogP contribution < -0.4 is 10.3 Å². The fourth-order valence-corrected chi connectivity index (χ4v) is 2.35. The summed E-state index contributed by atoms with van der Waals surface area (Å²) in [5.41, 5.74) is 7.51. The van der Waals surface area contributed by atoms with Gasteiger partial charge in [0.1, 0.15) is 24.2 Å². The number of anilines is 1. The highest BCUT2D eigenvalue weighted by atomic mass is 35.5. The summed E-state index contributed by atoms with van der Waals surface area (Å²) in [6.45, 7) is 0.486. The third-order valence-electron chi connectivity index (χ3n) is 3.65. The van der Waals surface area contributed by atoms with Gasteiger partial charge < -0.3 is 5.73 Å². The van der Waals surface area contributed by atoms with Crippen LogP contribution in [0, 0.1) is 10.1 Å². The summed E-state index contributed by atoms with van der Waals surface area (Å²) in [7, 11) is 1.93. The number of pyridine rings is 1. The van der Waals surface area contributed by atoms with Crippen molar-refractivity contribution in [2.24, 2.45) is 17.3 Å². The first-order valence-corrected chi connectivity index (χ1v) is 7.93. The second-order valence-electron chi connectivity index (χ2n) is 5.54. The molecule has 0 amide bonds. The number of hydrogen-bond acceptors (Lipinski definition) is 6. The topological polar surface area (TPSA) is 116 Å². The van der Waals surface area contributed by atoms with Crippen LogP contribution in [0.15, 0.2) is 59.2 Å². The Labute approximate surface area is 153 Å². The number of nitrogens with zero attached hydrogens (tertiary/aromatic N) is 6. The molecule has 26 heavy (non-hydrogen) atoms. The molecule has 0 atom stereocenters. The first kappa shape index (κ1) is 17.5. The molecule has 1 aromatic carbocycles. The van der Waals surface area contributed by atoms with Crippen molar-refractivity contribution < 1.29 is 9.49 Å². The van der Waals surface area contributed by atoms with Gasteiger partial charge >= 0.3 is 0 Å². The quantitative estimate of drug-likeness (QED) is 0.320. The van der Waals surface area contributed by atoms with Crippen LogP contribution in [0.2, 0.25) is 5.02 Å². The lowest BCUT2D eigenvalue weighted by Crippen LogP contribution is -2.26. The molecular weight excluding hydrogens is 358 g/mol. The Kier molecular flexibility index (Phi) is 4.90. The Hall–Kier alpha value is -3.33. The van der Waals surface area contributed by atoms with Crippen LogP contribution in [-0.4, -0.2) is 14.7 Å². The van der Waals surface area contributed by atoms with Crippen molar-refractivity contribution in [3.05, 3.63) is 69.6 Å². The van der Waals surface area contributed by atoms with Gasteiger partial charge in [-0.3, -0.25) is 10.1 Å². The van der Waals surface area contributed by atoms with E-state index in [-0.39, 0.29) is 16.4 Å². The zero-order chi connectivity index (χ0) is 18.7. The highest BCUT2D eigenvalue weighted by Gasteiger charge is 2.11. The molecule has 9 nitrogen and oxygen atoms in total. The number of hydrogen-bond donors (Lipinski definition) is 1. The molecule has 0 aliphatic rings. The molecule has 132 valence electrons. The summed E-state index contributed by atoms with van der Waals surface area (Å²) in [5.74, 6) is 0.337. The van der Waals surface area contributed by atoms with Gasteiger partial charge in [-0.25, -0.2) is 9.25 Å². The average molecular weight is 373 g/mol. The Bertz CT molecular complexity index is 983. The zero-order valence-corrected chi connectivity index (χ0v) is 14.5. The maximum absolute atomic E-state index is 10.8. The van der Waals surface area contributed by atoms with E-state index in [4.69, 9.17) is 17.3 Å². The van der Waals surface area contributed by atoms with Crippen molar-refractivity contribution in [2.75, 3.05) is 5.73 Å². The van der Waals surface area contributed by atoms with Gasteiger partial charge in [0.25, 0.3) is 5.69 Å². The van der Waals surface area contributed by atoms with Crippen LogP contribution in [0.25, 0.3) is 0 Å². The number of aromatic nitrogens is 3. The van der Waals surface area contributed by atoms with Crippen LogP contribution in [0.1, 0.15) is 5.56 Å². The van der Waals surface area contributed by atoms with Gasteiger partial charge in [-0.2, -0.15) is 5.10 Å². The normalized spacial score (nSPS) is 11.2. The van der Waals surface area contributed by atoms with Crippen LogP contribution in [-0.2, 0) is 13.6 Å². The number of benzene rings is 1. The Balaban J connectivity index is 1.82. The fourth-order valence-electron chi connectivity index (χ4n) is 2.20. The molecule has 0 unspecified atom stereocenters. The Morgan fingerprint density at radius 2 is 1.96 bits per heavy atom. The van der Waals surface area contributed by atoms with Crippen LogP contribution in [0.5, 0.6) is 0 Å². The van der Waals surface area contributed by atoms with Crippen molar-refractivity contribution in [2.45, 2.75) is 6.54 Å². The van der Waals surface area contributed by atoms with Gasteiger partial charge in [-0.15, -0.1) is 10.2 Å². The number of nitro benzene ring substituents is 1. The summed E-state index contributed by atoms with van der Waals surface area (Å²) in [5, 5.41) is 23.3. The molecule has 0 aliphatic heterocycles. The van der Waals surface area contributed by atoms with Crippen molar-refractivity contribution in [1.29, 1.82) is 0 Å². The van der Waals surface area contributed by atoms with Gasteiger partial charge in [0.05, 0.1) is 22.7 Å². The van der Waals surface area contributed by atoms with E-state index in [1.165, 1.54) is 24.4 Å². The maximum Gasteiger partial charge on any atom is 0.271 e. The summed E-state index contributed by atoms with van der Waals surface area (Å²) in [6, 6.07) is 7.87. The number of nitro groups is 1. The van der Waals surface area contributed by atoms with Gasteiger partial charge in [-0.05, 0) is 11.6 Å². The summed E-state index contributed by atoms with van der Waals surface area (Å²) >= 11 is 6.00. The second kappa shape index (κ2) is 7.28. The number of halogens is 1. The first-order chi connectivity index (χ1) is 12.4. The molecular formula is C16H15ClN7O2+. The number of nitrogen functional groups attached to an aromatic ring is 1. The van der Waals surface area contributed by atoms with E-state index >= 15 is 0 Å². The first-order valence-electron chi connectivity index (χ1n) is 7.55. The van der Waals surface area contributed by atoms with Crippen molar-refractivity contribution in [1.82, 2.24) is 9.78 Å². The molecule has 3 rings (SSSR count). The number of aryl methyl sites for hydroxylation is 1. The summed E-state index contributed by atoms with van der Waals surface area (Å²) in [4.78, 5) is 10.3. The molecule has 0 bridgehead atoms. The molecule has 0 saturated heterocycles. The molecule has 2 N–H and O–H groups in total. The van der Waals surface area contributed by atoms with E-state index in [0.717, 1.165) is 5.56 Å². The van der Waals surface area contributed by atoms with E-state index in [2.05, 4.69) is 15.3 Å². The Morgan fingerprint density at radius 1 is 1.27 bits per heavy atom. The van der Waals surface area contributed by atoms with Gasteiger partial charge in [-0.1, -0.05) is 11.6 Å². The minimum Gasteiger partial charge on any atom is -0.382 e. The van der Waals surface area contributed by atoms with Crippen molar-refractivity contribution in [3.8, 4) is 0 Å². The van der Waals surface area contributed by atoms with Crippen LogP contribution in [0.3, 0.4) is 0 Å². The molecule has 2 heterocycles. The van der Waals surface area contributed by atoms with Crippen LogP contribution in [0.4, 0.5) is 22.9 Å². The molecule has 3 aromatic rings. The smallest absolute Gasteiger partial charge is 0.271 e. The predicted molar refractivity (Wildman–Crippen MR) is 95.6 cm³/mol. The largest absolute Gasteiger partial charge is 0.382 e. The predicted octanol–water partition coefficient (Wildman–Crippen LogP) is 3.32. The fraction of sp³-hybridized carbons (Fsp3) is 0.125. The Morgan fingerprint density at radius 3 is 2.65 bits per heavy atom. The number of rotatable bonds is 5. The molecule has 10 heteroatoms. The lowest BCUT2D eigenvalue weighted by atomic mass is 10.3. The number of nitrogens with two attached hydrogens (primary N) is 1. The number of non-ortho nitro benzene ring substituents is 1. The average Bonchev–Trinajstić information content (AvgIpc) is 2.96.